The molecule has 0 fully saturated rings. The SMILES string of the molecule is O=C(NC(NC(=S)Nc1cccc([N+](=O)[O-])c1)C(Cl)(Cl)Cl)c1ccccc1[N+](=O)[O-]. The number of rotatable bonds is 6. The molecule has 0 aromatic heterocycles. The molecule has 2 rings (SSSR count). The fourth-order valence-corrected chi connectivity index (χ4v) is 2.79. The fraction of sp³-hybridized carbons (Fsp3) is 0.125. The third-order valence-corrected chi connectivity index (χ3v) is 4.41. The van der Waals surface area contributed by atoms with Crippen molar-refractivity contribution < 1.29 is 14.6 Å². The lowest BCUT2D eigenvalue weighted by atomic mass is 10.1. The molecule has 0 saturated heterocycles. The molecule has 0 saturated carbocycles. The Morgan fingerprint density at radius 3 is 2.27 bits per heavy atom. The van der Waals surface area contributed by atoms with Crippen LogP contribution in [0.5, 0.6) is 0 Å². The first-order valence-electron chi connectivity index (χ1n) is 7.92. The van der Waals surface area contributed by atoms with Crippen molar-refractivity contribution in [3.8, 4) is 0 Å². The molecule has 0 aliphatic heterocycles. The first kappa shape index (κ1) is 23.5. The number of non-ortho nitro benzene ring substituents is 1. The maximum Gasteiger partial charge on any atom is 0.282 e. The summed E-state index contributed by atoms with van der Waals surface area (Å²) in [5, 5.41) is 29.4. The van der Waals surface area contributed by atoms with Gasteiger partial charge in [-0.15, -0.1) is 0 Å². The van der Waals surface area contributed by atoms with Crippen molar-refractivity contribution in [1.29, 1.82) is 0 Å². The molecule has 1 amide bonds. The number of thiocarbonyl (C=S) groups is 1. The van der Waals surface area contributed by atoms with Gasteiger partial charge in [0.15, 0.2) is 5.11 Å². The van der Waals surface area contributed by atoms with E-state index in [2.05, 4.69) is 16.0 Å². The van der Waals surface area contributed by atoms with Gasteiger partial charge in [-0.1, -0.05) is 53.0 Å². The number of nitro benzene ring substituents is 2. The predicted octanol–water partition coefficient (Wildman–Crippen LogP) is 3.92. The maximum absolute atomic E-state index is 12.5. The van der Waals surface area contributed by atoms with Crippen molar-refractivity contribution >= 4 is 75.1 Å². The van der Waals surface area contributed by atoms with Crippen molar-refractivity contribution in [1.82, 2.24) is 10.6 Å². The van der Waals surface area contributed by atoms with E-state index in [0.29, 0.717) is 0 Å². The molecule has 0 radical (unpaired) electrons. The monoisotopic (exact) mass is 491 g/mol. The summed E-state index contributed by atoms with van der Waals surface area (Å²) < 4.78 is -2.10. The highest BCUT2D eigenvalue weighted by atomic mass is 35.6. The molecule has 158 valence electrons. The van der Waals surface area contributed by atoms with Crippen LogP contribution in [0.25, 0.3) is 0 Å². The number of benzene rings is 2. The third kappa shape index (κ3) is 6.39. The first-order valence-corrected chi connectivity index (χ1v) is 9.46. The van der Waals surface area contributed by atoms with Gasteiger partial charge in [0.05, 0.1) is 9.85 Å². The number of amides is 1. The van der Waals surface area contributed by atoms with Crippen LogP contribution < -0.4 is 16.0 Å². The molecule has 14 heteroatoms. The van der Waals surface area contributed by atoms with E-state index < -0.39 is 31.4 Å². The van der Waals surface area contributed by atoms with Crippen LogP contribution in [0.1, 0.15) is 10.4 Å². The van der Waals surface area contributed by atoms with E-state index >= 15 is 0 Å². The third-order valence-electron chi connectivity index (χ3n) is 3.54. The normalized spacial score (nSPS) is 11.8. The van der Waals surface area contributed by atoms with Crippen LogP contribution in [-0.2, 0) is 0 Å². The number of alkyl halides is 3. The Balaban J connectivity index is 2.16. The Kier molecular flexibility index (Phi) is 7.73. The Hall–Kier alpha value is -2.73. The number of carbonyl (C=O) groups is 1. The highest BCUT2D eigenvalue weighted by molar-refractivity contribution is 7.80. The number of anilines is 1. The molecule has 3 N–H and O–H groups in total. The smallest absolute Gasteiger partial charge is 0.282 e. The fourth-order valence-electron chi connectivity index (χ4n) is 2.23. The molecule has 0 aliphatic rings. The largest absolute Gasteiger partial charge is 0.339 e. The van der Waals surface area contributed by atoms with Crippen LogP contribution in [-0.4, -0.2) is 30.8 Å². The van der Waals surface area contributed by atoms with Crippen molar-refractivity contribution in [2.24, 2.45) is 0 Å². The second kappa shape index (κ2) is 9.85. The summed E-state index contributed by atoms with van der Waals surface area (Å²) in [6.07, 6.45) is -1.39. The van der Waals surface area contributed by atoms with Gasteiger partial charge in [0.25, 0.3) is 17.3 Å². The lowest BCUT2D eigenvalue weighted by molar-refractivity contribution is -0.385. The molecular formula is C16H12Cl3N5O5S. The number of carbonyl (C=O) groups excluding carboxylic acids is 1. The van der Waals surface area contributed by atoms with Crippen LogP contribution in [0.15, 0.2) is 48.5 Å². The average molecular weight is 493 g/mol. The van der Waals surface area contributed by atoms with Crippen LogP contribution in [0.4, 0.5) is 17.1 Å². The van der Waals surface area contributed by atoms with Gasteiger partial charge in [0, 0.05) is 23.9 Å². The Morgan fingerprint density at radius 1 is 1.00 bits per heavy atom. The Bertz CT molecular complexity index is 1000. The van der Waals surface area contributed by atoms with Gasteiger partial charge in [-0.05, 0) is 24.4 Å². The molecule has 2 aromatic rings. The number of hydrogen-bond donors (Lipinski definition) is 3. The minimum absolute atomic E-state index is 0.130. The lowest BCUT2D eigenvalue weighted by Crippen LogP contribution is -2.56. The molecule has 30 heavy (non-hydrogen) atoms. The number of para-hydroxylation sites is 1. The average Bonchev–Trinajstić information content (AvgIpc) is 2.66. The van der Waals surface area contributed by atoms with Crippen molar-refractivity contribution in [3.63, 3.8) is 0 Å². The molecule has 0 spiro atoms. The van der Waals surface area contributed by atoms with E-state index in [4.69, 9.17) is 47.0 Å². The summed E-state index contributed by atoms with van der Waals surface area (Å²) >= 11 is 22.8. The topological polar surface area (TPSA) is 139 Å². The molecule has 10 nitrogen and oxygen atoms in total. The van der Waals surface area contributed by atoms with E-state index in [1.165, 1.54) is 42.5 Å². The summed E-state index contributed by atoms with van der Waals surface area (Å²) in [5.41, 5.74) is -0.586. The first-order chi connectivity index (χ1) is 14.0. The lowest BCUT2D eigenvalue weighted by Gasteiger charge is -2.27. The van der Waals surface area contributed by atoms with E-state index in [-0.39, 0.29) is 22.1 Å². The standard InChI is InChI=1S/C16H12Cl3N5O5S/c17-16(18,19)14(21-13(25)11-6-1-2-7-12(11)24(28)29)22-15(30)20-9-4-3-5-10(8-9)23(26)27/h1-8,14H,(H,21,25)(H2,20,22,30). The van der Waals surface area contributed by atoms with E-state index in [9.17, 15) is 25.0 Å². The molecule has 1 atom stereocenters. The van der Waals surface area contributed by atoms with Gasteiger partial charge < -0.3 is 16.0 Å². The van der Waals surface area contributed by atoms with Gasteiger partial charge in [0.1, 0.15) is 11.7 Å². The van der Waals surface area contributed by atoms with E-state index in [1.54, 1.807) is 0 Å². The van der Waals surface area contributed by atoms with E-state index in [0.717, 1.165) is 6.07 Å². The van der Waals surface area contributed by atoms with Gasteiger partial charge >= 0.3 is 0 Å². The molecule has 0 heterocycles. The number of nitro groups is 2. The van der Waals surface area contributed by atoms with Crippen LogP contribution >= 0.6 is 47.0 Å². The zero-order valence-electron chi connectivity index (χ0n) is 14.7. The van der Waals surface area contributed by atoms with Gasteiger partial charge in [-0.2, -0.15) is 0 Å². The minimum Gasteiger partial charge on any atom is -0.339 e. The molecular weight excluding hydrogens is 481 g/mol. The van der Waals surface area contributed by atoms with Crippen molar-refractivity contribution in [2.45, 2.75) is 9.96 Å². The highest BCUT2D eigenvalue weighted by Gasteiger charge is 2.36. The summed E-state index contributed by atoms with van der Waals surface area (Å²) in [6.45, 7) is 0. The second-order valence-corrected chi connectivity index (χ2v) is 8.41. The summed E-state index contributed by atoms with van der Waals surface area (Å²) in [5.74, 6) is -0.885. The second-order valence-electron chi connectivity index (χ2n) is 5.63. The summed E-state index contributed by atoms with van der Waals surface area (Å²) in [6, 6.07) is 10.7. The summed E-state index contributed by atoms with van der Waals surface area (Å²) in [7, 11) is 0. The zero-order chi connectivity index (χ0) is 22.5. The Labute approximate surface area is 189 Å². The van der Waals surface area contributed by atoms with Crippen LogP contribution in [0, 0.1) is 20.2 Å². The molecule has 0 bridgehead atoms. The number of nitrogens with one attached hydrogen (secondary N) is 3. The zero-order valence-corrected chi connectivity index (χ0v) is 17.8. The van der Waals surface area contributed by atoms with Gasteiger partial charge in [-0.25, -0.2) is 0 Å². The predicted molar refractivity (Wildman–Crippen MR) is 117 cm³/mol. The molecule has 1 unspecified atom stereocenters. The molecule has 2 aromatic carbocycles. The van der Waals surface area contributed by atoms with Gasteiger partial charge in [-0.3, -0.25) is 25.0 Å². The van der Waals surface area contributed by atoms with E-state index in [1.807, 2.05) is 0 Å². The number of hydrogen-bond acceptors (Lipinski definition) is 6. The summed E-state index contributed by atoms with van der Waals surface area (Å²) in [4.78, 5) is 33.2. The molecule has 0 aliphatic carbocycles. The number of halogens is 3. The van der Waals surface area contributed by atoms with Crippen LogP contribution in [0.2, 0.25) is 0 Å². The quantitative estimate of drug-likeness (QED) is 0.181. The van der Waals surface area contributed by atoms with Crippen molar-refractivity contribution in [3.05, 3.63) is 74.3 Å². The maximum atomic E-state index is 12.5. The van der Waals surface area contributed by atoms with Crippen molar-refractivity contribution in [2.75, 3.05) is 5.32 Å². The van der Waals surface area contributed by atoms with Crippen LogP contribution in [0.3, 0.4) is 0 Å². The number of nitrogens with zero attached hydrogens (tertiary/aromatic N) is 2. The minimum atomic E-state index is -2.10. The van der Waals surface area contributed by atoms with Gasteiger partial charge in [0.2, 0.25) is 3.79 Å². The highest BCUT2D eigenvalue weighted by Crippen LogP contribution is 2.30. The Morgan fingerprint density at radius 2 is 1.67 bits per heavy atom.